The summed E-state index contributed by atoms with van der Waals surface area (Å²) in [4.78, 5) is 0.377. The molecule has 1 saturated carbocycles. The zero-order chi connectivity index (χ0) is 15.9. The lowest BCUT2D eigenvalue weighted by atomic mass is 9.63. The lowest BCUT2D eigenvalue weighted by Crippen LogP contribution is -2.40. The van der Waals surface area contributed by atoms with Crippen LogP contribution in [0.25, 0.3) is 0 Å². The second-order valence-corrected chi connectivity index (χ2v) is 10.1. The van der Waals surface area contributed by atoms with Gasteiger partial charge in [-0.3, -0.25) is 0 Å². The summed E-state index contributed by atoms with van der Waals surface area (Å²) >= 11 is 0. The maximum absolute atomic E-state index is 11.7. The van der Waals surface area contributed by atoms with E-state index in [2.05, 4.69) is 33.0 Å². The molecule has 3 nitrogen and oxygen atoms in total. The summed E-state index contributed by atoms with van der Waals surface area (Å²) in [7, 11) is -3.15. The molecule has 1 aliphatic carbocycles. The molecule has 0 aliphatic heterocycles. The second-order valence-electron chi connectivity index (χ2n) is 8.05. The van der Waals surface area contributed by atoms with Gasteiger partial charge in [0.05, 0.1) is 4.90 Å². The first-order valence-corrected chi connectivity index (χ1v) is 9.43. The summed E-state index contributed by atoms with van der Waals surface area (Å²) < 4.78 is 23.3. The largest absolute Gasteiger partial charge is 0.382 e. The van der Waals surface area contributed by atoms with Gasteiger partial charge in [0, 0.05) is 18.0 Å². The minimum absolute atomic E-state index is 0.313. The predicted molar refractivity (Wildman–Crippen MR) is 88.4 cm³/mol. The first-order valence-electron chi connectivity index (χ1n) is 7.54. The Morgan fingerprint density at radius 2 is 1.67 bits per heavy atom. The number of sulfone groups is 1. The molecule has 0 saturated heterocycles. The molecular weight excluding hydrogens is 282 g/mol. The minimum atomic E-state index is -3.15. The monoisotopic (exact) mass is 309 g/mol. The van der Waals surface area contributed by atoms with Crippen molar-refractivity contribution in [1.29, 1.82) is 0 Å². The van der Waals surface area contributed by atoms with E-state index < -0.39 is 9.84 Å². The molecule has 118 valence electrons. The molecule has 0 radical (unpaired) electrons. The zero-order valence-electron chi connectivity index (χ0n) is 13.7. The van der Waals surface area contributed by atoms with Crippen molar-refractivity contribution in [3.05, 3.63) is 24.3 Å². The lowest BCUT2D eigenvalue weighted by molar-refractivity contribution is 0.105. The van der Waals surface area contributed by atoms with E-state index in [9.17, 15) is 8.42 Å². The van der Waals surface area contributed by atoms with Crippen LogP contribution in [-0.2, 0) is 9.84 Å². The third-order valence-corrected chi connectivity index (χ3v) is 5.30. The Hall–Kier alpha value is -1.03. The lowest BCUT2D eigenvalue weighted by Gasteiger charge is -2.45. The van der Waals surface area contributed by atoms with Gasteiger partial charge in [-0.25, -0.2) is 8.42 Å². The molecule has 0 spiro atoms. The van der Waals surface area contributed by atoms with Gasteiger partial charge in [0.1, 0.15) is 0 Å². The third-order valence-electron chi connectivity index (χ3n) is 4.19. The number of benzene rings is 1. The number of nitrogens with one attached hydrogen (secondary N) is 1. The number of anilines is 1. The summed E-state index contributed by atoms with van der Waals surface area (Å²) in [5, 5.41) is 3.54. The van der Waals surface area contributed by atoms with Crippen molar-refractivity contribution in [2.24, 2.45) is 10.8 Å². The van der Waals surface area contributed by atoms with E-state index in [0.717, 1.165) is 18.5 Å². The van der Waals surface area contributed by atoms with E-state index in [-0.39, 0.29) is 0 Å². The highest BCUT2D eigenvalue weighted by Gasteiger charge is 2.38. The quantitative estimate of drug-likeness (QED) is 0.914. The summed E-state index contributed by atoms with van der Waals surface area (Å²) in [6.07, 6.45) is 4.69. The number of hydrogen-bond donors (Lipinski definition) is 1. The molecule has 1 fully saturated rings. The van der Waals surface area contributed by atoms with Gasteiger partial charge in [0.25, 0.3) is 0 Å². The summed E-state index contributed by atoms with van der Waals surface area (Å²) in [5.41, 5.74) is 1.53. The first kappa shape index (κ1) is 16.3. The Balaban J connectivity index is 2.18. The minimum Gasteiger partial charge on any atom is -0.382 e. The van der Waals surface area contributed by atoms with Crippen LogP contribution in [0.2, 0.25) is 0 Å². The molecule has 1 aliphatic rings. The van der Waals surface area contributed by atoms with Gasteiger partial charge < -0.3 is 5.32 Å². The summed E-state index contributed by atoms with van der Waals surface area (Å²) in [5.74, 6) is 0. The predicted octanol–water partition coefficient (Wildman–Crippen LogP) is 4.11. The van der Waals surface area contributed by atoms with E-state index in [4.69, 9.17) is 0 Å². The van der Waals surface area contributed by atoms with Crippen LogP contribution in [-0.4, -0.2) is 20.7 Å². The Labute approximate surface area is 129 Å². The van der Waals surface area contributed by atoms with E-state index in [0.29, 0.717) is 21.8 Å². The Morgan fingerprint density at radius 1 is 1.10 bits per heavy atom. The van der Waals surface area contributed by atoms with Crippen molar-refractivity contribution in [2.45, 2.75) is 57.9 Å². The van der Waals surface area contributed by atoms with Crippen LogP contribution in [0.4, 0.5) is 5.69 Å². The fourth-order valence-corrected chi connectivity index (χ4v) is 4.67. The zero-order valence-corrected chi connectivity index (χ0v) is 14.5. The molecule has 0 unspecified atom stereocenters. The fraction of sp³-hybridized carbons (Fsp3) is 0.647. The van der Waals surface area contributed by atoms with Gasteiger partial charge in [0.15, 0.2) is 9.84 Å². The normalized spacial score (nSPS) is 22.0. The van der Waals surface area contributed by atoms with E-state index in [1.165, 1.54) is 12.7 Å². The average Bonchev–Trinajstić information content (AvgIpc) is 2.23. The van der Waals surface area contributed by atoms with Crippen LogP contribution in [0.15, 0.2) is 29.2 Å². The fourth-order valence-electron chi connectivity index (χ4n) is 4.00. The van der Waals surface area contributed by atoms with Crippen LogP contribution >= 0.6 is 0 Å². The first-order chi connectivity index (χ1) is 9.47. The molecule has 0 heterocycles. The molecule has 0 aromatic heterocycles. The SMILES string of the molecule is CC1(C)CC(Nc2cccc(S(C)(=O)=O)c2)CC(C)(C)C1. The molecule has 2 rings (SSSR count). The highest BCUT2D eigenvalue weighted by Crippen LogP contribution is 2.46. The topological polar surface area (TPSA) is 46.2 Å². The van der Waals surface area contributed by atoms with Gasteiger partial charge in [-0.1, -0.05) is 33.8 Å². The molecule has 0 atom stereocenters. The van der Waals surface area contributed by atoms with Gasteiger partial charge >= 0.3 is 0 Å². The van der Waals surface area contributed by atoms with Crippen molar-refractivity contribution < 1.29 is 8.42 Å². The van der Waals surface area contributed by atoms with Crippen molar-refractivity contribution in [1.82, 2.24) is 0 Å². The van der Waals surface area contributed by atoms with Crippen LogP contribution in [0.3, 0.4) is 0 Å². The Morgan fingerprint density at radius 3 is 2.19 bits per heavy atom. The van der Waals surface area contributed by atoms with E-state index >= 15 is 0 Å². The van der Waals surface area contributed by atoms with Gasteiger partial charge in [-0.2, -0.15) is 0 Å². The standard InChI is InChI=1S/C17H27NO2S/c1-16(2)10-14(11-17(3,4)12-16)18-13-7-6-8-15(9-13)21(5,19)20/h6-9,14,18H,10-12H2,1-5H3. The second kappa shape index (κ2) is 5.31. The summed E-state index contributed by atoms with van der Waals surface area (Å²) in [6, 6.07) is 7.53. The van der Waals surface area contributed by atoms with Gasteiger partial charge in [-0.15, -0.1) is 0 Å². The molecule has 1 aromatic rings. The average molecular weight is 309 g/mol. The number of rotatable bonds is 3. The molecule has 1 N–H and O–H groups in total. The molecule has 21 heavy (non-hydrogen) atoms. The molecule has 0 amide bonds. The highest BCUT2D eigenvalue weighted by atomic mass is 32.2. The Bertz CT molecular complexity index is 601. The summed E-state index contributed by atoms with van der Waals surface area (Å²) in [6.45, 7) is 9.26. The van der Waals surface area contributed by atoms with E-state index in [1.54, 1.807) is 18.2 Å². The van der Waals surface area contributed by atoms with Crippen LogP contribution in [0.1, 0.15) is 47.0 Å². The number of hydrogen-bond acceptors (Lipinski definition) is 3. The van der Waals surface area contributed by atoms with Crippen LogP contribution < -0.4 is 5.32 Å². The molecule has 4 heteroatoms. The van der Waals surface area contributed by atoms with Crippen LogP contribution in [0.5, 0.6) is 0 Å². The molecule has 0 bridgehead atoms. The van der Waals surface area contributed by atoms with Crippen molar-refractivity contribution >= 4 is 15.5 Å². The van der Waals surface area contributed by atoms with Crippen molar-refractivity contribution in [3.63, 3.8) is 0 Å². The highest BCUT2D eigenvalue weighted by molar-refractivity contribution is 7.90. The van der Waals surface area contributed by atoms with Crippen molar-refractivity contribution in [2.75, 3.05) is 11.6 Å². The van der Waals surface area contributed by atoms with E-state index in [1.807, 2.05) is 6.07 Å². The van der Waals surface area contributed by atoms with Crippen LogP contribution in [0, 0.1) is 10.8 Å². The van der Waals surface area contributed by atoms with Crippen molar-refractivity contribution in [3.8, 4) is 0 Å². The van der Waals surface area contributed by atoms with Gasteiger partial charge in [-0.05, 0) is 48.3 Å². The third kappa shape index (κ3) is 4.47. The maximum Gasteiger partial charge on any atom is 0.175 e. The van der Waals surface area contributed by atoms with Gasteiger partial charge in [0.2, 0.25) is 0 Å². The molecular formula is C17H27NO2S. The molecule has 1 aromatic carbocycles. The maximum atomic E-state index is 11.7. The Kier molecular flexibility index (Phi) is 4.13. The smallest absolute Gasteiger partial charge is 0.175 e.